The molecule has 4 aliphatic rings. The Hall–Kier alpha value is -0.340. The third kappa shape index (κ3) is 1.94. The second kappa shape index (κ2) is 4.35. The molecule has 0 aromatic heterocycles. The summed E-state index contributed by atoms with van der Waals surface area (Å²) >= 11 is 0. The fraction of sp³-hybridized carbons (Fsp3) is 0.875. The Kier molecular flexibility index (Phi) is 3.06. The zero-order valence-electron chi connectivity index (χ0n) is 11.8. The summed E-state index contributed by atoms with van der Waals surface area (Å²) in [4.78, 5) is 0. The molecule has 0 spiro atoms. The fourth-order valence-electron chi connectivity index (χ4n) is 6.06. The van der Waals surface area contributed by atoms with Crippen LogP contribution < -0.4 is 11.3 Å². The number of rotatable bonds is 5. The van der Waals surface area contributed by atoms with Crippen molar-refractivity contribution in [3.63, 3.8) is 0 Å². The molecule has 4 rings (SSSR count). The van der Waals surface area contributed by atoms with E-state index in [9.17, 15) is 0 Å². The Bertz CT molecular complexity index is 322. The van der Waals surface area contributed by atoms with Crippen molar-refractivity contribution in [2.75, 3.05) is 0 Å². The first-order chi connectivity index (χ1) is 8.59. The van der Waals surface area contributed by atoms with E-state index in [1.807, 2.05) is 6.08 Å². The molecule has 2 heteroatoms. The number of hydrogen-bond donors (Lipinski definition) is 2. The highest BCUT2D eigenvalue weighted by Gasteiger charge is 2.57. The maximum absolute atomic E-state index is 5.89. The molecule has 4 fully saturated rings. The van der Waals surface area contributed by atoms with Crippen LogP contribution in [0.4, 0.5) is 0 Å². The van der Waals surface area contributed by atoms with Gasteiger partial charge in [0.1, 0.15) is 0 Å². The minimum atomic E-state index is 0.497. The van der Waals surface area contributed by atoms with E-state index in [1.165, 1.54) is 38.5 Å². The summed E-state index contributed by atoms with van der Waals surface area (Å²) in [5, 5.41) is 0. The van der Waals surface area contributed by atoms with Crippen molar-refractivity contribution < 1.29 is 0 Å². The fourth-order valence-corrected chi connectivity index (χ4v) is 6.06. The lowest BCUT2D eigenvalue weighted by atomic mass is 9.43. The van der Waals surface area contributed by atoms with Gasteiger partial charge < -0.3 is 0 Å². The highest BCUT2D eigenvalue weighted by Crippen LogP contribution is 2.66. The van der Waals surface area contributed by atoms with Crippen LogP contribution in [0.15, 0.2) is 12.7 Å². The standard InChI is InChI=1S/C16H28N2/c1-3-4-5-14(18-17)16-9-12-6-13(10-16)8-15(2,7-12)11-16/h3,12-14,18H,1,4-11,17H2,2H3. The molecule has 0 aromatic carbocycles. The second-order valence-corrected chi connectivity index (χ2v) is 7.72. The van der Waals surface area contributed by atoms with E-state index in [0.29, 0.717) is 16.9 Å². The molecule has 0 aromatic rings. The molecular weight excluding hydrogens is 220 g/mol. The van der Waals surface area contributed by atoms with Gasteiger partial charge in [0, 0.05) is 6.04 Å². The SMILES string of the molecule is C=CCCC(NN)C12CC3CC(CC(C)(C3)C1)C2. The maximum atomic E-state index is 5.89. The van der Waals surface area contributed by atoms with Gasteiger partial charge in [0.2, 0.25) is 0 Å². The number of nitrogens with one attached hydrogen (secondary N) is 1. The predicted octanol–water partition coefficient (Wildman–Crippen LogP) is 3.39. The van der Waals surface area contributed by atoms with Crippen LogP contribution in [-0.2, 0) is 0 Å². The molecule has 3 unspecified atom stereocenters. The van der Waals surface area contributed by atoms with Crippen LogP contribution >= 0.6 is 0 Å². The van der Waals surface area contributed by atoms with Gasteiger partial charge in [0.25, 0.3) is 0 Å². The van der Waals surface area contributed by atoms with Crippen molar-refractivity contribution >= 4 is 0 Å². The van der Waals surface area contributed by atoms with Crippen LogP contribution in [-0.4, -0.2) is 6.04 Å². The number of nitrogens with two attached hydrogens (primary N) is 1. The summed E-state index contributed by atoms with van der Waals surface area (Å²) in [6.07, 6.45) is 13.0. The molecule has 4 bridgehead atoms. The maximum Gasteiger partial charge on any atom is 0.0270 e. The van der Waals surface area contributed by atoms with Crippen molar-refractivity contribution in [1.82, 2.24) is 5.43 Å². The van der Waals surface area contributed by atoms with Crippen molar-refractivity contribution in [1.29, 1.82) is 0 Å². The molecule has 4 aliphatic carbocycles. The number of hydrazine groups is 1. The van der Waals surface area contributed by atoms with Gasteiger partial charge in [-0.2, -0.15) is 0 Å². The molecule has 102 valence electrons. The Morgan fingerprint density at radius 1 is 1.33 bits per heavy atom. The lowest BCUT2D eigenvalue weighted by molar-refractivity contribution is -0.119. The average molecular weight is 248 g/mol. The average Bonchev–Trinajstić information content (AvgIpc) is 2.26. The molecule has 4 saturated carbocycles. The predicted molar refractivity (Wildman–Crippen MR) is 75.8 cm³/mol. The molecule has 3 atom stereocenters. The van der Waals surface area contributed by atoms with Gasteiger partial charge >= 0.3 is 0 Å². The van der Waals surface area contributed by atoms with Gasteiger partial charge in [-0.05, 0) is 74.0 Å². The Balaban J connectivity index is 1.83. The van der Waals surface area contributed by atoms with Gasteiger partial charge in [-0.15, -0.1) is 6.58 Å². The van der Waals surface area contributed by atoms with Gasteiger partial charge in [-0.1, -0.05) is 13.0 Å². The largest absolute Gasteiger partial charge is 0.271 e. The number of hydrogen-bond acceptors (Lipinski definition) is 2. The first-order valence-corrected chi connectivity index (χ1v) is 7.66. The van der Waals surface area contributed by atoms with Crippen LogP contribution in [0, 0.1) is 22.7 Å². The molecule has 2 nitrogen and oxygen atoms in total. The van der Waals surface area contributed by atoms with Crippen molar-refractivity contribution in [3.05, 3.63) is 12.7 Å². The van der Waals surface area contributed by atoms with E-state index in [2.05, 4.69) is 18.9 Å². The third-order valence-electron chi connectivity index (χ3n) is 6.00. The molecule has 0 heterocycles. The minimum Gasteiger partial charge on any atom is -0.271 e. The Morgan fingerprint density at radius 2 is 2.00 bits per heavy atom. The number of allylic oxidation sites excluding steroid dienone is 1. The third-order valence-corrected chi connectivity index (χ3v) is 6.00. The van der Waals surface area contributed by atoms with Crippen LogP contribution in [0.2, 0.25) is 0 Å². The molecule has 0 amide bonds. The summed E-state index contributed by atoms with van der Waals surface area (Å²) in [6.45, 7) is 6.39. The van der Waals surface area contributed by atoms with E-state index in [1.54, 1.807) is 0 Å². The lowest BCUT2D eigenvalue weighted by Gasteiger charge is -2.63. The summed E-state index contributed by atoms with van der Waals surface area (Å²) in [5.41, 5.74) is 4.28. The molecule has 18 heavy (non-hydrogen) atoms. The summed E-state index contributed by atoms with van der Waals surface area (Å²) < 4.78 is 0. The van der Waals surface area contributed by atoms with E-state index in [0.717, 1.165) is 24.7 Å². The summed E-state index contributed by atoms with van der Waals surface area (Å²) in [5.74, 6) is 7.86. The van der Waals surface area contributed by atoms with E-state index >= 15 is 0 Å². The Morgan fingerprint density at radius 3 is 2.50 bits per heavy atom. The Labute approximate surface area is 111 Å². The molecule has 0 aliphatic heterocycles. The second-order valence-electron chi connectivity index (χ2n) is 7.72. The van der Waals surface area contributed by atoms with Crippen LogP contribution in [0.1, 0.15) is 58.3 Å². The van der Waals surface area contributed by atoms with Gasteiger partial charge in [0.05, 0.1) is 0 Å². The molecule has 3 N–H and O–H groups in total. The molecular formula is C16H28N2. The van der Waals surface area contributed by atoms with E-state index < -0.39 is 0 Å². The van der Waals surface area contributed by atoms with Crippen molar-refractivity contribution in [2.45, 2.75) is 64.3 Å². The smallest absolute Gasteiger partial charge is 0.0270 e. The van der Waals surface area contributed by atoms with Crippen molar-refractivity contribution in [2.24, 2.45) is 28.5 Å². The van der Waals surface area contributed by atoms with Gasteiger partial charge in [0.15, 0.2) is 0 Å². The van der Waals surface area contributed by atoms with E-state index in [-0.39, 0.29) is 0 Å². The summed E-state index contributed by atoms with van der Waals surface area (Å²) in [7, 11) is 0. The van der Waals surface area contributed by atoms with Gasteiger partial charge in [-0.3, -0.25) is 11.3 Å². The van der Waals surface area contributed by atoms with E-state index in [4.69, 9.17) is 5.84 Å². The highest BCUT2D eigenvalue weighted by molar-refractivity contribution is 5.09. The van der Waals surface area contributed by atoms with Crippen LogP contribution in [0.5, 0.6) is 0 Å². The first-order valence-electron chi connectivity index (χ1n) is 7.66. The quantitative estimate of drug-likeness (QED) is 0.444. The monoisotopic (exact) mass is 248 g/mol. The zero-order valence-corrected chi connectivity index (χ0v) is 11.8. The van der Waals surface area contributed by atoms with Crippen molar-refractivity contribution in [3.8, 4) is 0 Å². The minimum absolute atomic E-state index is 0.497. The normalized spacial score (nSPS) is 47.2. The van der Waals surface area contributed by atoms with Crippen LogP contribution in [0.25, 0.3) is 0 Å². The molecule has 0 saturated heterocycles. The highest BCUT2D eigenvalue weighted by atomic mass is 15.2. The van der Waals surface area contributed by atoms with Crippen LogP contribution in [0.3, 0.4) is 0 Å². The molecule has 0 radical (unpaired) electrons. The first kappa shape index (κ1) is 12.7. The topological polar surface area (TPSA) is 38.0 Å². The zero-order chi connectivity index (χ0) is 12.8. The van der Waals surface area contributed by atoms with Gasteiger partial charge in [-0.25, -0.2) is 0 Å². The summed E-state index contributed by atoms with van der Waals surface area (Å²) in [6, 6.07) is 0.501. The lowest BCUT2D eigenvalue weighted by Crippen LogP contribution is -2.59.